The lowest BCUT2D eigenvalue weighted by molar-refractivity contribution is 0.199. The maximum absolute atomic E-state index is 6.39. The van der Waals surface area contributed by atoms with Gasteiger partial charge in [-0.05, 0) is 44.2 Å². The van der Waals surface area contributed by atoms with Gasteiger partial charge in [-0.3, -0.25) is 4.90 Å². The molecule has 0 saturated heterocycles. The van der Waals surface area contributed by atoms with Crippen molar-refractivity contribution >= 4 is 0 Å². The molecule has 1 aromatic rings. The second-order valence-electron chi connectivity index (χ2n) is 6.34. The summed E-state index contributed by atoms with van der Waals surface area (Å²) in [6.45, 7) is 7.86. The number of nitrogens with zero attached hydrogens (tertiary/aromatic N) is 1. The molecule has 2 N–H and O–H groups in total. The SMILES string of the molecule is CCC(N)C(c1cccc(C)c1)N(C)CC1CC1C. The van der Waals surface area contributed by atoms with Crippen LogP contribution in [-0.2, 0) is 0 Å². The molecule has 1 aliphatic carbocycles. The van der Waals surface area contributed by atoms with Crippen LogP contribution >= 0.6 is 0 Å². The normalized spacial score (nSPS) is 25.4. The van der Waals surface area contributed by atoms with Gasteiger partial charge in [0, 0.05) is 18.6 Å². The molecule has 4 atom stereocenters. The number of rotatable bonds is 6. The van der Waals surface area contributed by atoms with E-state index in [0.717, 1.165) is 18.3 Å². The van der Waals surface area contributed by atoms with Crippen molar-refractivity contribution in [1.82, 2.24) is 4.90 Å². The Morgan fingerprint density at radius 2 is 2.11 bits per heavy atom. The van der Waals surface area contributed by atoms with Gasteiger partial charge in [0.25, 0.3) is 0 Å². The van der Waals surface area contributed by atoms with Crippen molar-refractivity contribution in [2.45, 2.75) is 45.7 Å². The van der Waals surface area contributed by atoms with E-state index >= 15 is 0 Å². The fourth-order valence-electron chi connectivity index (χ4n) is 3.04. The van der Waals surface area contributed by atoms with Gasteiger partial charge in [0.05, 0.1) is 0 Å². The van der Waals surface area contributed by atoms with Crippen LogP contribution in [0.15, 0.2) is 24.3 Å². The first-order valence-corrected chi connectivity index (χ1v) is 7.55. The minimum atomic E-state index is 0.209. The smallest absolute Gasteiger partial charge is 0.0496 e. The van der Waals surface area contributed by atoms with Crippen molar-refractivity contribution in [3.05, 3.63) is 35.4 Å². The molecule has 1 aromatic carbocycles. The molecule has 0 aliphatic heterocycles. The average molecular weight is 260 g/mol. The lowest BCUT2D eigenvalue weighted by atomic mass is 9.95. The van der Waals surface area contributed by atoms with Gasteiger partial charge in [-0.1, -0.05) is 43.7 Å². The Hall–Kier alpha value is -0.860. The fourth-order valence-corrected chi connectivity index (χ4v) is 3.04. The Morgan fingerprint density at radius 1 is 1.42 bits per heavy atom. The van der Waals surface area contributed by atoms with Crippen molar-refractivity contribution in [2.75, 3.05) is 13.6 Å². The highest BCUT2D eigenvalue weighted by Crippen LogP contribution is 2.39. The largest absolute Gasteiger partial charge is 0.326 e. The molecule has 2 heteroatoms. The second kappa shape index (κ2) is 6.06. The van der Waals surface area contributed by atoms with Crippen LogP contribution in [0.1, 0.15) is 43.9 Å². The van der Waals surface area contributed by atoms with Gasteiger partial charge in [0.2, 0.25) is 0 Å². The first-order valence-electron chi connectivity index (χ1n) is 7.55. The summed E-state index contributed by atoms with van der Waals surface area (Å²) in [4.78, 5) is 2.47. The van der Waals surface area contributed by atoms with Crippen LogP contribution < -0.4 is 5.73 Å². The highest BCUT2D eigenvalue weighted by molar-refractivity contribution is 5.26. The van der Waals surface area contributed by atoms with Crippen molar-refractivity contribution < 1.29 is 0 Å². The Balaban J connectivity index is 2.15. The van der Waals surface area contributed by atoms with Gasteiger partial charge >= 0.3 is 0 Å². The van der Waals surface area contributed by atoms with Gasteiger partial charge in [0.1, 0.15) is 0 Å². The summed E-state index contributed by atoms with van der Waals surface area (Å²) >= 11 is 0. The third-order valence-electron chi connectivity index (χ3n) is 4.53. The fraction of sp³-hybridized carbons (Fsp3) is 0.647. The van der Waals surface area contributed by atoms with Crippen LogP contribution in [0.5, 0.6) is 0 Å². The van der Waals surface area contributed by atoms with E-state index in [9.17, 15) is 0 Å². The van der Waals surface area contributed by atoms with Gasteiger partial charge in [0.15, 0.2) is 0 Å². The molecule has 106 valence electrons. The Morgan fingerprint density at radius 3 is 2.63 bits per heavy atom. The molecule has 4 unspecified atom stereocenters. The predicted octanol–water partition coefficient (Wildman–Crippen LogP) is 3.36. The van der Waals surface area contributed by atoms with E-state index in [-0.39, 0.29) is 6.04 Å². The topological polar surface area (TPSA) is 29.3 Å². The molecule has 19 heavy (non-hydrogen) atoms. The van der Waals surface area contributed by atoms with E-state index < -0.39 is 0 Å². The quantitative estimate of drug-likeness (QED) is 0.850. The van der Waals surface area contributed by atoms with Gasteiger partial charge in [-0.25, -0.2) is 0 Å². The number of hydrogen-bond acceptors (Lipinski definition) is 2. The van der Waals surface area contributed by atoms with Crippen LogP contribution in [0.3, 0.4) is 0 Å². The Labute approximate surface area is 118 Å². The molecule has 2 nitrogen and oxygen atoms in total. The van der Waals surface area contributed by atoms with Crippen molar-refractivity contribution in [1.29, 1.82) is 0 Å². The molecular weight excluding hydrogens is 232 g/mol. The lowest BCUT2D eigenvalue weighted by Gasteiger charge is -2.33. The Bertz CT molecular complexity index is 415. The predicted molar refractivity (Wildman–Crippen MR) is 82.1 cm³/mol. The summed E-state index contributed by atoms with van der Waals surface area (Å²) in [5.74, 6) is 1.78. The highest BCUT2D eigenvalue weighted by Gasteiger charge is 2.35. The van der Waals surface area contributed by atoms with Crippen LogP contribution in [0.4, 0.5) is 0 Å². The first-order chi connectivity index (χ1) is 9.02. The summed E-state index contributed by atoms with van der Waals surface area (Å²) in [6.07, 6.45) is 2.40. The molecule has 0 amide bonds. The maximum atomic E-state index is 6.39. The van der Waals surface area contributed by atoms with Crippen LogP contribution in [0.2, 0.25) is 0 Å². The van der Waals surface area contributed by atoms with E-state index in [1.54, 1.807) is 0 Å². The molecule has 1 aliphatic rings. The zero-order chi connectivity index (χ0) is 14.0. The zero-order valence-corrected chi connectivity index (χ0v) is 12.8. The summed E-state index contributed by atoms with van der Waals surface area (Å²) < 4.78 is 0. The maximum Gasteiger partial charge on any atom is 0.0496 e. The van der Waals surface area contributed by atoms with Gasteiger partial charge < -0.3 is 5.73 Å². The molecule has 0 heterocycles. The third-order valence-corrected chi connectivity index (χ3v) is 4.53. The van der Waals surface area contributed by atoms with Crippen LogP contribution in [0.25, 0.3) is 0 Å². The Kier molecular flexibility index (Phi) is 4.64. The minimum absolute atomic E-state index is 0.209. The molecular formula is C17H28N2. The van der Waals surface area contributed by atoms with Crippen molar-refractivity contribution in [2.24, 2.45) is 17.6 Å². The van der Waals surface area contributed by atoms with Gasteiger partial charge in [-0.2, -0.15) is 0 Å². The van der Waals surface area contributed by atoms with Gasteiger partial charge in [-0.15, -0.1) is 0 Å². The van der Waals surface area contributed by atoms with Crippen molar-refractivity contribution in [3.8, 4) is 0 Å². The van der Waals surface area contributed by atoms with E-state index in [1.165, 1.54) is 24.1 Å². The molecule has 0 bridgehead atoms. The molecule has 0 aromatic heterocycles. The van der Waals surface area contributed by atoms with Crippen LogP contribution in [0, 0.1) is 18.8 Å². The van der Waals surface area contributed by atoms with E-state index in [2.05, 4.69) is 57.0 Å². The minimum Gasteiger partial charge on any atom is -0.326 e. The number of hydrogen-bond donors (Lipinski definition) is 1. The van der Waals surface area contributed by atoms with E-state index in [4.69, 9.17) is 5.73 Å². The van der Waals surface area contributed by atoms with Crippen LogP contribution in [-0.4, -0.2) is 24.5 Å². The van der Waals surface area contributed by atoms with E-state index in [0.29, 0.717) is 6.04 Å². The molecule has 0 radical (unpaired) electrons. The van der Waals surface area contributed by atoms with E-state index in [1.807, 2.05) is 0 Å². The lowest BCUT2D eigenvalue weighted by Crippen LogP contribution is -2.39. The summed E-state index contributed by atoms with van der Waals surface area (Å²) in [5, 5.41) is 0. The highest BCUT2D eigenvalue weighted by atomic mass is 15.2. The molecule has 2 rings (SSSR count). The zero-order valence-electron chi connectivity index (χ0n) is 12.8. The summed E-state index contributed by atoms with van der Waals surface area (Å²) in [6, 6.07) is 9.36. The number of likely N-dealkylation sites (N-methyl/N-ethyl adjacent to an activating group) is 1. The first kappa shape index (κ1) is 14.5. The number of aryl methyl sites for hydroxylation is 1. The van der Waals surface area contributed by atoms with Crippen molar-refractivity contribution in [3.63, 3.8) is 0 Å². The standard InChI is InChI=1S/C17H28N2/c1-5-16(18)17(14-8-6-7-12(2)9-14)19(4)11-15-10-13(15)3/h6-9,13,15-17H,5,10-11,18H2,1-4H3. The monoisotopic (exact) mass is 260 g/mol. The number of nitrogens with two attached hydrogens (primary N) is 1. The molecule has 1 saturated carbocycles. The second-order valence-corrected chi connectivity index (χ2v) is 6.34. The third kappa shape index (κ3) is 3.58. The molecule has 1 fully saturated rings. The summed E-state index contributed by atoms with van der Waals surface area (Å²) in [7, 11) is 2.23. The molecule has 0 spiro atoms. The average Bonchev–Trinajstić information content (AvgIpc) is 3.04. The number of benzene rings is 1. The summed E-state index contributed by atoms with van der Waals surface area (Å²) in [5.41, 5.74) is 9.07.